The Labute approximate surface area is 128 Å². The molecular formula is C15H20N2O3S. The number of benzene rings is 1. The third-order valence-corrected chi connectivity index (χ3v) is 4.89. The molecule has 1 aliphatic heterocycles. The van der Waals surface area contributed by atoms with E-state index in [4.69, 9.17) is 5.11 Å². The molecule has 6 heteroatoms. The van der Waals surface area contributed by atoms with Gasteiger partial charge in [-0.05, 0) is 31.4 Å². The van der Waals surface area contributed by atoms with Crippen molar-refractivity contribution in [3.05, 3.63) is 35.4 Å². The highest BCUT2D eigenvalue weighted by molar-refractivity contribution is 8.00. The molecule has 2 unspecified atom stereocenters. The summed E-state index contributed by atoms with van der Waals surface area (Å²) in [5.74, 6) is -0.497. The van der Waals surface area contributed by atoms with E-state index in [1.54, 1.807) is 0 Å². The number of amides is 2. The van der Waals surface area contributed by atoms with Gasteiger partial charge in [-0.25, -0.2) is 9.59 Å². The minimum atomic E-state index is -0.944. The summed E-state index contributed by atoms with van der Waals surface area (Å²) < 4.78 is 0. The van der Waals surface area contributed by atoms with E-state index in [9.17, 15) is 9.59 Å². The normalized spacial score (nSPS) is 21.3. The molecule has 0 spiro atoms. The minimum absolute atomic E-state index is 0.107. The molecule has 21 heavy (non-hydrogen) atoms. The van der Waals surface area contributed by atoms with Crippen LogP contribution >= 0.6 is 11.8 Å². The third kappa shape index (κ3) is 3.69. The van der Waals surface area contributed by atoms with Crippen molar-refractivity contribution in [1.29, 1.82) is 0 Å². The topological polar surface area (TPSA) is 69.6 Å². The molecule has 2 atom stereocenters. The van der Waals surface area contributed by atoms with Gasteiger partial charge in [-0.15, -0.1) is 11.8 Å². The zero-order valence-corrected chi connectivity index (χ0v) is 13.0. The Morgan fingerprint density at radius 3 is 2.81 bits per heavy atom. The zero-order valence-electron chi connectivity index (χ0n) is 12.2. The first-order valence-electron chi connectivity index (χ1n) is 6.95. The number of hydrogen-bond acceptors (Lipinski definition) is 3. The van der Waals surface area contributed by atoms with Crippen LogP contribution in [0.3, 0.4) is 0 Å². The molecule has 5 nitrogen and oxygen atoms in total. The predicted molar refractivity (Wildman–Crippen MR) is 83.5 cm³/mol. The summed E-state index contributed by atoms with van der Waals surface area (Å²) in [7, 11) is 0. The lowest BCUT2D eigenvalue weighted by Gasteiger charge is -2.25. The van der Waals surface area contributed by atoms with Gasteiger partial charge in [-0.2, -0.15) is 0 Å². The SMILES string of the molecule is Cc1ccccc1CCNC(=O)N1C(C)SCC1C(=O)O. The molecule has 114 valence electrons. The van der Waals surface area contributed by atoms with Gasteiger partial charge in [0.2, 0.25) is 0 Å². The van der Waals surface area contributed by atoms with Crippen LogP contribution in [0.15, 0.2) is 24.3 Å². The maximum atomic E-state index is 12.2. The predicted octanol–water partition coefficient (Wildman–Crippen LogP) is 2.10. The van der Waals surface area contributed by atoms with Crippen molar-refractivity contribution in [3.8, 4) is 0 Å². The van der Waals surface area contributed by atoms with E-state index < -0.39 is 12.0 Å². The molecule has 1 aromatic rings. The quantitative estimate of drug-likeness (QED) is 0.893. The number of urea groups is 1. The minimum Gasteiger partial charge on any atom is -0.480 e. The van der Waals surface area contributed by atoms with E-state index in [-0.39, 0.29) is 11.4 Å². The highest BCUT2D eigenvalue weighted by atomic mass is 32.2. The Hall–Kier alpha value is -1.69. The number of nitrogens with zero attached hydrogens (tertiary/aromatic N) is 1. The molecule has 0 aromatic heterocycles. The van der Waals surface area contributed by atoms with Crippen LogP contribution < -0.4 is 5.32 Å². The van der Waals surface area contributed by atoms with Gasteiger partial charge in [-0.3, -0.25) is 4.90 Å². The highest BCUT2D eigenvalue weighted by Gasteiger charge is 2.39. The molecule has 2 rings (SSSR count). The number of aryl methyl sites for hydroxylation is 1. The molecule has 2 N–H and O–H groups in total. The number of aliphatic carboxylic acids is 1. The fourth-order valence-corrected chi connectivity index (χ4v) is 3.59. The van der Waals surface area contributed by atoms with Crippen molar-refractivity contribution >= 4 is 23.8 Å². The Balaban J connectivity index is 1.89. The van der Waals surface area contributed by atoms with Crippen molar-refractivity contribution in [1.82, 2.24) is 10.2 Å². The monoisotopic (exact) mass is 308 g/mol. The maximum Gasteiger partial charge on any atom is 0.327 e. The van der Waals surface area contributed by atoms with E-state index >= 15 is 0 Å². The Kier molecular flexibility index (Phi) is 5.12. The Bertz CT molecular complexity index is 535. The van der Waals surface area contributed by atoms with Crippen molar-refractivity contribution in [3.63, 3.8) is 0 Å². The number of nitrogens with one attached hydrogen (secondary N) is 1. The lowest BCUT2D eigenvalue weighted by Crippen LogP contribution is -2.49. The van der Waals surface area contributed by atoms with Crippen molar-refractivity contribution in [2.24, 2.45) is 0 Å². The molecule has 0 bridgehead atoms. The molecule has 1 heterocycles. The van der Waals surface area contributed by atoms with Crippen LogP contribution in [0.5, 0.6) is 0 Å². The van der Waals surface area contributed by atoms with E-state index in [0.717, 1.165) is 6.42 Å². The van der Waals surface area contributed by atoms with Gasteiger partial charge in [0.1, 0.15) is 6.04 Å². The fraction of sp³-hybridized carbons (Fsp3) is 0.467. The smallest absolute Gasteiger partial charge is 0.327 e. The molecule has 1 saturated heterocycles. The molecule has 2 amide bonds. The number of rotatable bonds is 4. The van der Waals surface area contributed by atoms with E-state index in [2.05, 4.69) is 5.32 Å². The second-order valence-corrected chi connectivity index (χ2v) is 6.45. The Morgan fingerprint density at radius 2 is 2.14 bits per heavy atom. The number of carbonyl (C=O) groups excluding carboxylic acids is 1. The molecule has 0 saturated carbocycles. The maximum absolute atomic E-state index is 12.2. The molecule has 0 radical (unpaired) electrons. The first-order chi connectivity index (χ1) is 10.0. The van der Waals surface area contributed by atoms with Crippen LogP contribution in [0.25, 0.3) is 0 Å². The van der Waals surface area contributed by atoms with Gasteiger partial charge >= 0.3 is 12.0 Å². The number of carboxylic acids is 1. The summed E-state index contributed by atoms with van der Waals surface area (Å²) in [4.78, 5) is 24.8. The van der Waals surface area contributed by atoms with E-state index in [1.807, 2.05) is 38.1 Å². The number of carbonyl (C=O) groups is 2. The lowest BCUT2D eigenvalue weighted by molar-refractivity contribution is -0.141. The van der Waals surface area contributed by atoms with Crippen LogP contribution in [-0.4, -0.2) is 45.7 Å². The summed E-state index contributed by atoms with van der Waals surface area (Å²) >= 11 is 1.49. The van der Waals surface area contributed by atoms with Crippen LogP contribution in [-0.2, 0) is 11.2 Å². The fourth-order valence-electron chi connectivity index (χ4n) is 2.43. The third-order valence-electron chi connectivity index (χ3n) is 3.67. The first kappa shape index (κ1) is 15.7. The summed E-state index contributed by atoms with van der Waals surface area (Å²) in [5, 5.41) is 11.9. The van der Waals surface area contributed by atoms with Crippen LogP contribution in [0.4, 0.5) is 4.79 Å². The summed E-state index contributed by atoms with van der Waals surface area (Å²) in [6, 6.07) is 7.01. The number of carboxylic acid groups (broad SMARTS) is 1. The average Bonchev–Trinajstić information content (AvgIpc) is 2.83. The lowest BCUT2D eigenvalue weighted by atomic mass is 10.1. The van der Waals surface area contributed by atoms with Gasteiger partial charge in [0.15, 0.2) is 0 Å². The molecule has 1 aromatic carbocycles. The van der Waals surface area contributed by atoms with Gasteiger partial charge in [0, 0.05) is 12.3 Å². The average molecular weight is 308 g/mol. The number of thioether (sulfide) groups is 1. The molecule has 1 fully saturated rings. The largest absolute Gasteiger partial charge is 0.480 e. The van der Waals surface area contributed by atoms with Crippen molar-refractivity contribution in [2.45, 2.75) is 31.7 Å². The molecule has 1 aliphatic rings. The van der Waals surface area contributed by atoms with Crippen LogP contribution in [0, 0.1) is 6.92 Å². The Morgan fingerprint density at radius 1 is 1.43 bits per heavy atom. The summed E-state index contributed by atoms with van der Waals surface area (Å²) in [6.45, 7) is 4.40. The first-order valence-corrected chi connectivity index (χ1v) is 8.00. The molecular weight excluding hydrogens is 288 g/mol. The number of hydrogen-bond donors (Lipinski definition) is 2. The van der Waals surface area contributed by atoms with Gasteiger partial charge in [0.05, 0.1) is 5.37 Å². The second-order valence-electron chi connectivity index (χ2n) is 5.10. The standard InChI is InChI=1S/C15H20N2O3S/c1-10-5-3-4-6-12(10)7-8-16-15(20)17-11(2)21-9-13(17)14(18)19/h3-6,11,13H,7-9H2,1-2H3,(H,16,20)(H,18,19). The van der Waals surface area contributed by atoms with Crippen molar-refractivity contribution < 1.29 is 14.7 Å². The van der Waals surface area contributed by atoms with Crippen molar-refractivity contribution in [2.75, 3.05) is 12.3 Å². The summed E-state index contributed by atoms with van der Waals surface area (Å²) in [6.07, 6.45) is 0.742. The van der Waals surface area contributed by atoms with E-state index in [1.165, 1.54) is 27.8 Å². The summed E-state index contributed by atoms with van der Waals surface area (Å²) in [5.41, 5.74) is 2.39. The van der Waals surface area contributed by atoms with Crippen LogP contribution in [0.2, 0.25) is 0 Å². The molecule has 0 aliphatic carbocycles. The van der Waals surface area contributed by atoms with Gasteiger partial charge in [-0.1, -0.05) is 24.3 Å². The van der Waals surface area contributed by atoms with E-state index in [0.29, 0.717) is 12.3 Å². The zero-order chi connectivity index (χ0) is 15.4. The van der Waals surface area contributed by atoms with Crippen LogP contribution in [0.1, 0.15) is 18.1 Å². The second kappa shape index (κ2) is 6.85. The van der Waals surface area contributed by atoms with Gasteiger partial charge in [0.25, 0.3) is 0 Å². The van der Waals surface area contributed by atoms with Gasteiger partial charge < -0.3 is 10.4 Å². The highest BCUT2D eigenvalue weighted by Crippen LogP contribution is 2.28.